The molecule has 0 heterocycles. The second kappa shape index (κ2) is 5.48. The maximum Gasteiger partial charge on any atom is 0.172 e. The normalized spacial score (nSPS) is 10.6. The minimum atomic E-state index is 0.0256. The summed E-state index contributed by atoms with van der Waals surface area (Å²) in [6.07, 6.45) is 0. The maximum atomic E-state index is 11.4. The summed E-state index contributed by atoms with van der Waals surface area (Å²) < 4.78 is 6.57. The van der Waals surface area contributed by atoms with E-state index >= 15 is 0 Å². The van der Waals surface area contributed by atoms with Gasteiger partial charge < -0.3 is 4.74 Å². The largest absolute Gasteiger partial charge is 0.486 e. The van der Waals surface area contributed by atoms with Crippen molar-refractivity contribution in [3.05, 3.63) is 27.7 Å². The third-order valence-corrected chi connectivity index (χ3v) is 3.69. The van der Waals surface area contributed by atoms with Crippen LogP contribution < -0.4 is 4.74 Å². The Bertz CT molecular complexity index is 374. The van der Waals surface area contributed by atoms with Crippen molar-refractivity contribution >= 4 is 21.7 Å². The van der Waals surface area contributed by atoms with Crippen molar-refractivity contribution in [3.63, 3.8) is 0 Å². The number of halogens is 1. The van der Waals surface area contributed by atoms with Gasteiger partial charge in [0.05, 0.1) is 0 Å². The molecule has 1 aromatic rings. The zero-order chi connectivity index (χ0) is 12.3. The third-order valence-electron chi connectivity index (χ3n) is 2.44. The van der Waals surface area contributed by atoms with Gasteiger partial charge in [-0.3, -0.25) is 4.79 Å². The summed E-state index contributed by atoms with van der Waals surface area (Å²) in [5.41, 5.74) is 2.24. The first-order valence-electron chi connectivity index (χ1n) is 5.34. The number of aryl methyl sites for hydroxylation is 2. The fraction of sp³-hybridized carbons (Fsp3) is 0.462. The van der Waals surface area contributed by atoms with Gasteiger partial charge in [-0.15, -0.1) is 0 Å². The number of carbonyl (C=O) groups excluding carboxylic acids is 1. The topological polar surface area (TPSA) is 26.3 Å². The van der Waals surface area contributed by atoms with Crippen LogP contribution in [0.5, 0.6) is 5.75 Å². The molecule has 88 valence electrons. The summed E-state index contributed by atoms with van der Waals surface area (Å²) in [4.78, 5) is 11.4. The molecule has 2 nitrogen and oxygen atoms in total. The van der Waals surface area contributed by atoms with Crippen LogP contribution in [0.3, 0.4) is 0 Å². The molecular formula is C13H17BrO2. The predicted octanol–water partition coefficient (Wildman–Crippen LogP) is 3.67. The van der Waals surface area contributed by atoms with Crippen LogP contribution in [-0.4, -0.2) is 12.4 Å². The molecule has 16 heavy (non-hydrogen) atoms. The lowest BCUT2D eigenvalue weighted by Crippen LogP contribution is -2.16. The van der Waals surface area contributed by atoms with Crippen LogP contribution in [0.25, 0.3) is 0 Å². The van der Waals surface area contributed by atoms with Gasteiger partial charge >= 0.3 is 0 Å². The molecule has 0 amide bonds. The van der Waals surface area contributed by atoms with Crippen LogP contribution in [0.2, 0.25) is 0 Å². The quantitative estimate of drug-likeness (QED) is 0.843. The molecule has 0 N–H and O–H groups in total. The van der Waals surface area contributed by atoms with Gasteiger partial charge in [0.25, 0.3) is 0 Å². The minimum absolute atomic E-state index is 0.0256. The lowest BCUT2D eigenvalue weighted by atomic mass is 10.1. The molecule has 0 saturated carbocycles. The smallest absolute Gasteiger partial charge is 0.172 e. The molecule has 0 bridgehead atoms. The number of hydrogen-bond donors (Lipinski definition) is 0. The molecule has 3 heteroatoms. The Labute approximate surface area is 105 Å². The van der Waals surface area contributed by atoms with E-state index in [1.807, 2.05) is 39.8 Å². The van der Waals surface area contributed by atoms with Gasteiger partial charge in [-0.1, -0.05) is 29.8 Å². The highest BCUT2D eigenvalue weighted by Crippen LogP contribution is 2.26. The van der Waals surface area contributed by atoms with E-state index in [9.17, 15) is 4.79 Å². The Hall–Kier alpha value is -0.830. The predicted molar refractivity (Wildman–Crippen MR) is 69.0 cm³/mol. The van der Waals surface area contributed by atoms with E-state index in [1.54, 1.807) is 0 Å². The Morgan fingerprint density at radius 3 is 2.25 bits per heavy atom. The molecule has 0 unspecified atom stereocenters. The molecule has 0 radical (unpaired) electrons. The van der Waals surface area contributed by atoms with Crippen molar-refractivity contribution in [2.45, 2.75) is 27.7 Å². The number of ether oxygens (including phenoxy) is 1. The second-order valence-corrected chi connectivity index (χ2v) is 5.07. The molecule has 1 aromatic carbocycles. The average Bonchev–Trinajstić information content (AvgIpc) is 2.22. The molecule has 0 aliphatic heterocycles. The van der Waals surface area contributed by atoms with Crippen LogP contribution in [0.4, 0.5) is 0 Å². The van der Waals surface area contributed by atoms with Gasteiger partial charge in [-0.25, -0.2) is 0 Å². The summed E-state index contributed by atoms with van der Waals surface area (Å²) in [7, 11) is 0. The van der Waals surface area contributed by atoms with Crippen molar-refractivity contribution < 1.29 is 9.53 Å². The van der Waals surface area contributed by atoms with Gasteiger partial charge in [-0.2, -0.15) is 0 Å². The number of benzene rings is 1. The maximum absolute atomic E-state index is 11.4. The number of ketones is 1. The first-order chi connectivity index (χ1) is 7.41. The number of Topliss-reactive ketones (excluding diaryl/α,β-unsaturated/α-hetero) is 1. The number of hydrogen-bond acceptors (Lipinski definition) is 2. The van der Waals surface area contributed by atoms with Crippen LogP contribution in [-0.2, 0) is 4.79 Å². The molecule has 0 aliphatic rings. The molecule has 0 spiro atoms. The van der Waals surface area contributed by atoms with Crippen LogP contribution in [0.1, 0.15) is 25.0 Å². The molecule has 0 aliphatic carbocycles. The fourth-order valence-corrected chi connectivity index (χ4v) is 1.54. The highest BCUT2D eigenvalue weighted by molar-refractivity contribution is 9.10. The van der Waals surface area contributed by atoms with Gasteiger partial charge in [0.15, 0.2) is 5.78 Å². The zero-order valence-corrected chi connectivity index (χ0v) is 11.7. The fourth-order valence-electron chi connectivity index (χ4n) is 1.31. The van der Waals surface area contributed by atoms with Crippen LogP contribution in [0.15, 0.2) is 16.6 Å². The van der Waals surface area contributed by atoms with Gasteiger partial charge in [0.1, 0.15) is 12.4 Å². The van der Waals surface area contributed by atoms with Gasteiger partial charge in [0.2, 0.25) is 0 Å². The number of rotatable bonds is 4. The summed E-state index contributed by atoms with van der Waals surface area (Å²) in [5.74, 6) is 0.906. The van der Waals surface area contributed by atoms with Crippen molar-refractivity contribution in [2.24, 2.45) is 5.92 Å². The zero-order valence-electron chi connectivity index (χ0n) is 10.1. The van der Waals surface area contributed by atoms with Crippen LogP contribution >= 0.6 is 15.9 Å². The molecule has 0 fully saturated rings. The summed E-state index contributed by atoms with van der Waals surface area (Å²) in [6, 6.07) is 3.87. The van der Waals surface area contributed by atoms with E-state index < -0.39 is 0 Å². The van der Waals surface area contributed by atoms with E-state index in [1.165, 1.54) is 0 Å². The monoisotopic (exact) mass is 284 g/mol. The van der Waals surface area contributed by atoms with E-state index in [4.69, 9.17) is 4.74 Å². The minimum Gasteiger partial charge on any atom is -0.486 e. The highest BCUT2D eigenvalue weighted by atomic mass is 79.9. The Kier molecular flexibility index (Phi) is 4.54. The average molecular weight is 285 g/mol. The SMILES string of the molecule is Cc1cc(OCC(=O)C(C)C)cc(C)c1Br. The Morgan fingerprint density at radius 2 is 1.81 bits per heavy atom. The van der Waals surface area contributed by atoms with Crippen molar-refractivity contribution in [1.82, 2.24) is 0 Å². The van der Waals surface area contributed by atoms with E-state index in [0.717, 1.165) is 21.3 Å². The summed E-state index contributed by atoms with van der Waals surface area (Å²) >= 11 is 3.49. The van der Waals surface area contributed by atoms with E-state index in [0.29, 0.717) is 0 Å². The molecular weight excluding hydrogens is 268 g/mol. The lowest BCUT2D eigenvalue weighted by Gasteiger charge is -2.10. The van der Waals surface area contributed by atoms with Crippen molar-refractivity contribution in [2.75, 3.05) is 6.61 Å². The first-order valence-corrected chi connectivity index (χ1v) is 6.13. The molecule has 1 rings (SSSR count). The summed E-state index contributed by atoms with van der Waals surface area (Å²) in [6.45, 7) is 7.92. The standard InChI is InChI=1S/C13H17BrO2/c1-8(2)12(15)7-16-11-5-9(3)13(14)10(4)6-11/h5-6,8H,7H2,1-4H3. The number of carbonyl (C=O) groups is 1. The summed E-state index contributed by atoms with van der Waals surface area (Å²) in [5, 5.41) is 0. The molecule has 0 atom stereocenters. The molecule has 0 saturated heterocycles. The Morgan fingerprint density at radius 1 is 1.31 bits per heavy atom. The highest BCUT2D eigenvalue weighted by Gasteiger charge is 2.09. The first kappa shape index (κ1) is 13.2. The lowest BCUT2D eigenvalue weighted by molar-refractivity contribution is -0.123. The van der Waals surface area contributed by atoms with Gasteiger partial charge in [-0.05, 0) is 37.1 Å². The molecule has 0 aromatic heterocycles. The van der Waals surface area contributed by atoms with E-state index in [2.05, 4.69) is 15.9 Å². The second-order valence-electron chi connectivity index (χ2n) is 4.28. The van der Waals surface area contributed by atoms with E-state index in [-0.39, 0.29) is 18.3 Å². The van der Waals surface area contributed by atoms with Crippen molar-refractivity contribution in [3.8, 4) is 5.75 Å². The Balaban J connectivity index is 2.72. The van der Waals surface area contributed by atoms with Crippen LogP contribution in [0, 0.1) is 19.8 Å². The third kappa shape index (κ3) is 3.34. The van der Waals surface area contributed by atoms with Crippen molar-refractivity contribution in [1.29, 1.82) is 0 Å². The van der Waals surface area contributed by atoms with Gasteiger partial charge in [0, 0.05) is 10.4 Å².